The predicted octanol–water partition coefficient (Wildman–Crippen LogP) is 9.21. The molecule has 268 valence electrons. The summed E-state index contributed by atoms with van der Waals surface area (Å²) < 4.78 is 65.5. The van der Waals surface area contributed by atoms with Crippen LogP contribution in [0.4, 0.5) is 13.2 Å². The Morgan fingerprint density at radius 3 is 2.08 bits per heavy atom. The van der Waals surface area contributed by atoms with Crippen LogP contribution in [0.3, 0.4) is 0 Å². The third-order valence-electron chi connectivity index (χ3n) is 9.90. The molecule has 0 radical (unpaired) electrons. The summed E-state index contributed by atoms with van der Waals surface area (Å²) in [5, 5.41) is -0.384. The van der Waals surface area contributed by atoms with Gasteiger partial charge in [-0.05, 0) is 101 Å². The number of likely N-dealkylation sites (tertiary alicyclic amines) is 2. The smallest absolute Gasteiger partial charge is 0.417 e. The number of halogens is 4. The molecule has 3 heterocycles. The SMILES string of the molecule is FC(F)(F)c1cc(Oc2ccc(-c3nc4c(OCCN5CCCC5)cc(OCCN5CCCC5)cc4[nH]3)c(OCC3CCCC3)c2)ccc1Cl. The van der Waals surface area contributed by atoms with Gasteiger partial charge in [-0.2, -0.15) is 13.2 Å². The lowest BCUT2D eigenvalue weighted by Crippen LogP contribution is -2.25. The van der Waals surface area contributed by atoms with Crippen molar-refractivity contribution in [3.8, 4) is 40.1 Å². The summed E-state index contributed by atoms with van der Waals surface area (Å²) >= 11 is 5.84. The summed E-state index contributed by atoms with van der Waals surface area (Å²) in [6, 6.07) is 12.6. The minimum absolute atomic E-state index is 0.0212. The zero-order valence-corrected chi connectivity index (χ0v) is 29.0. The fourth-order valence-corrected chi connectivity index (χ4v) is 7.38. The van der Waals surface area contributed by atoms with Crippen molar-refractivity contribution < 1.29 is 32.1 Å². The summed E-state index contributed by atoms with van der Waals surface area (Å²) in [4.78, 5) is 13.3. The standard InChI is InChI=1S/C38H44ClF3N4O4/c39-32-12-10-27(21-31(32)38(40,41)42)50-28-9-11-30(34(23-28)49-25-26-7-1-2-8-26)37-43-33-22-29(47-19-17-45-13-3-4-14-45)24-35(36(33)44-37)48-20-18-46-15-5-6-16-46/h9-12,21-24,26H,1-8,13-20,25H2,(H,43,44). The first kappa shape index (κ1) is 34.8. The maximum Gasteiger partial charge on any atom is 0.417 e. The van der Waals surface area contributed by atoms with Gasteiger partial charge in [-0.1, -0.05) is 24.4 Å². The number of aromatic nitrogens is 2. The molecule has 3 fully saturated rings. The molecule has 2 saturated heterocycles. The number of H-pyrrole nitrogens is 1. The van der Waals surface area contributed by atoms with Crippen LogP contribution in [-0.2, 0) is 6.18 Å². The van der Waals surface area contributed by atoms with E-state index in [1.807, 2.05) is 18.2 Å². The number of fused-ring (bicyclic) bond motifs is 1. The Balaban J connectivity index is 1.17. The van der Waals surface area contributed by atoms with Gasteiger partial charge in [0.2, 0.25) is 0 Å². The number of benzene rings is 3. The lowest BCUT2D eigenvalue weighted by atomic mass is 10.1. The number of hydrogen-bond donors (Lipinski definition) is 1. The monoisotopic (exact) mass is 712 g/mol. The van der Waals surface area contributed by atoms with Crippen molar-refractivity contribution in [2.75, 3.05) is 59.1 Å². The van der Waals surface area contributed by atoms with E-state index in [-0.39, 0.29) is 10.8 Å². The number of nitrogens with one attached hydrogen (secondary N) is 1. The molecule has 2 aliphatic heterocycles. The number of ether oxygens (including phenoxy) is 4. The Kier molecular flexibility index (Phi) is 10.9. The van der Waals surface area contributed by atoms with Crippen molar-refractivity contribution in [2.45, 2.75) is 57.5 Å². The van der Waals surface area contributed by atoms with Gasteiger partial charge in [-0.15, -0.1) is 0 Å². The van der Waals surface area contributed by atoms with Crippen LogP contribution >= 0.6 is 11.6 Å². The zero-order valence-electron chi connectivity index (χ0n) is 28.2. The van der Waals surface area contributed by atoms with Crippen molar-refractivity contribution in [3.05, 3.63) is 59.1 Å². The van der Waals surface area contributed by atoms with E-state index in [1.54, 1.807) is 12.1 Å². The third kappa shape index (κ3) is 8.61. The number of imidazole rings is 1. The van der Waals surface area contributed by atoms with Crippen molar-refractivity contribution >= 4 is 22.6 Å². The first-order valence-electron chi connectivity index (χ1n) is 17.8. The van der Waals surface area contributed by atoms with Gasteiger partial charge < -0.3 is 23.9 Å². The van der Waals surface area contributed by atoms with Gasteiger partial charge in [0.15, 0.2) is 5.75 Å². The fourth-order valence-electron chi connectivity index (χ4n) is 7.16. The average Bonchev–Trinajstić information content (AvgIpc) is 3.93. The van der Waals surface area contributed by atoms with Crippen LogP contribution in [0.2, 0.25) is 5.02 Å². The van der Waals surface area contributed by atoms with Crippen molar-refractivity contribution in [1.82, 2.24) is 19.8 Å². The van der Waals surface area contributed by atoms with Crippen LogP contribution in [0.25, 0.3) is 22.4 Å². The van der Waals surface area contributed by atoms with E-state index in [9.17, 15) is 13.2 Å². The second-order valence-corrected chi connectivity index (χ2v) is 14.0. The fraction of sp³-hybridized carbons (Fsp3) is 0.500. The highest BCUT2D eigenvalue weighted by atomic mass is 35.5. The maximum absolute atomic E-state index is 13.5. The maximum atomic E-state index is 13.5. The quantitative estimate of drug-likeness (QED) is 0.140. The van der Waals surface area contributed by atoms with Crippen molar-refractivity contribution in [2.24, 2.45) is 5.92 Å². The molecule has 3 aromatic carbocycles. The largest absolute Gasteiger partial charge is 0.492 e. The van der Waals surface area contributed by atoms with Crippen LogP contribution in [-0.4, -0.2) is 78.9 Å². The van der Waals surface area contributed by atoms with E-state index in [1.165, 1.54) is 50.7 Å². The van der Waals surface area contributed by atoms with E-state index in [0.29, 0.717) is 65.6 Å². The molecular formula is C38H44ClF3N4O4. The first-order valence-corrected chi connectivity index (χ1v) is 18.2. The molecule has 0 bridgehead atoms. The Hall–Kier alpha value is -3.67. The predicted molar refractivity (Wildman–Crippen MR) is 188 cm³/mol. The molecular weight excluding hydrogens is 669 g/mol. The normalized spacial score (nSPS) is 17.6. The second-order valence-electron chi connectivity index (χ2n) is 13.6. The van der Waals surface area contributed by atoms with Crippen LogP contribution in [0.15, 0.2) is 48.5 Å². The highest BCUT2D eigenvalue weighted by Crippen LogP contribution is 2.41. The molecule has 8 nitrogen and oxygen atoms in total. The van der Waals surface area contributed by atoms with Crippen molar-refractivity contribution in [1.29, 1.82) is 0 Å². The summed E-state index contributed by atoms with van der Waals surface area (Å²) in [5.74, 6) is 3.26. The van der Waals surface area contributed by atoms with E-state index >= 15 is 0 Å². The lowest BCUT2D eigenvalue weighted by Gasteiger charge is -2.17. The molecule has 0 spiro atoms. The number of rotatable bonds is 14. The molecule has 0 atom stereocenters. The molecule has 3 aliphatic rings. The van der Waals surface area contributed by atoms with Gasteiger partial charge in [0.1, 0.15) is 47.6 Å². The number of aromatic amines is 1. The molecule has 1 N–H and O–H groups in total. The van der Waals surface area contributed by atoms with Gasteiger partial charge in [-0.3, -0.25) is 9.80 Å². The molecule has 50 heavy (non-hydrogen) atoms. The molecule has 7 rings (SSSR count). The molecule has 12 heteroatoms. The molecule has 4 aromatic rings. The zero-order chi connectivity index (χ0) is 34.5. The molecule has 1 saturated carbocycles. The van der Waals surface area contributed by atoms with Gasteiger partial charge in [0, 0.05) is 31.3 Å². The highest BCUT2D eigenvalue weighted by molar-refractivity contribution is 6.31. The van der Waals surface area contributed by atoms with Crippen LogP contribution in [0.1, 0.15) is 56.9 Å². The number of nitrogens with zero attached hydrogens (tertiary/aromatic N) is 3. The summed E-state index contributed by atoms with van der Waals surface area (Å²) in [5.41, 5.74) is 1.22. The third-order valence-corrected chi connectivity index (χ3v) is 10.2. The summed E-state index contributed by atoms with van der Waals surface area (Å²) in [6.45, 7) is 7.77. The van der Waals surface area contributed by atoms with Crippen molar-refractivity contribution in [3.63, 3.8) is 0 Å². The lowest BCUT2D eigenvalue weighted by molar-refractivity contribution is -0.137. The minimum atomic E-state index is -4.60. The Labute approximate surface area is 295 Å². The Bertz CT molecular complexity index is 1750. The van der Waals surface area contributed by atoms with E-state index in [2.05, 4.69) is 14.8 Å². The van der Waals surface area contributed by atoms with Gasteiger partial charge >= 0.3 is 6.18 Å². The molecule has 0 unspecified atom stereocenters. The average molecular weight is 713 g/mol. The summed E-state index contributed by atoms with van der Waals surface area (Å²) in [6.07, 6.45) is 4.85. The Morgan fingerprint density at radius 2 is 1.38 bits per heavy atom. The highest BCUT2D eigenvalue weighted by Gasteiger charge is 2.33. The van der Waals surface area contributed by atoms with E-state index in [4.69, 9.17) is 35.5 Å². The first-order chi connectivity index (χ1) is 24.3. The van der Waals surface area contributed by atoms with Crippen LogP contribution < -0.4 is 18.9 Å². The van der Waals surface area contributed by atoms with Gasteiger partial charge in [0.25, 0.3) is 0 Å². The summed E-state index contributed by atoms with van der Waals surface area (Å²) in [7, 11) is 0. The van der Waals surface area contributed by atoms with Crippen LogP contribution in [0, 0.1) is 5.92 Å². The second kappa shape index (κ2) is 15.7. The van der Waals surface area contributed by atoms with Gasteiger partial charge in [0.05, 0.1) is 28.3 Å². The Morgan fingerprint density at radius 1 is 0.740 bits per heavy atom. The van der Waals surface area contributed by atoms with E-state index < -0.39 is 11.7 Å². The minimum Gasteiger partial charge on any atom is -0.492 e. The van der Waals surface area contributed by atoms with Gasteiger partial charge in [-0.25, -0.2) is 4.98 Å². The molecule has 1 aliphatic carbocycles. The van der Waals surface area contributed by atoms with E-state index in [0.717, 1.165) is 63.7 Å². The number of hydrogen-bond acceptors (Lipinski definition) is 7. The number of alkyl halides is 3. The molecule has 1 aromatic heterocycles. The molecule has 0 amide bonds. The van der Waals surface area contributed by atoms with Crippen LogP contribution in [0.5, 0.6) is 28.7 Å². The topological polar surface area (TPSA) is 72.1 Å².